The van der Waals surface area contributed by atoms with E-state index in [0.29, 0.717) is 19.6 Å². The van der Waals surface area contributed by atoms with Crippen LogP contribution in [0, 0.1) is 0 Å². The van der Waals surface area contributed by atoms with Gasteiger partial charge in [0.15, 0.2) is 0 Å². The van der Waals surface area contributed by atoms with E-state index in [-0.39, 0.29) is 5.84 Å². The normalized spacial score (nSPS) is 11.9. The molecule has 54 valence electrons. The van der Waals surface area contributed by atoms with Crippen molar-refractivity contribution in [2.45, 2.75) is 13.3 Å². The molecular weight excluding hydrogens is 120 g/mol. The Bertz CT molecular complexity index is 93.0. The summed E-state index contributed by atoms with van der Waals surface area (Å²) in [6, 6.07) is 0. The lowest BCUT2D eigenvalue weighted by Gasteiger charge is -1.97. The van der Waals surface area contributed by atoms with E-state index >= 15 is 0 Å². The van der Waals surface area contributed by atoms with E-state index in [9.17, 15) is 0 Å². The van der Waals surface area contributed by atoms with Gasteiger partial charge in [0.2, 0.25) is 0 Å². The standard InChI is InChI=1S/C5H12N2O2/c1-2-9-4-3-5(6)7-8/h8H,2-4H2,1H3,(H2,6,7). The predicted octanol–water partition coefficient (Wildman–Crippen LogP) is 0.159. The molecule has 0 spiro atoms. The monoisotopic (exact) mass is 132 g/mol. The molecule has 0 radical (unpaired) electrons. The summed E-state index contributed by atoms with van der Waals surface area (Å²) in [7, 11) is 0. The summed E-state index contributed by atoms with van der Waals surface area (Å²) in [5.41, 5.74) is 5.13. The lowest BCUT2D eigenvalue weighted by atomic mass is 10.4. The van der Waals surface area contributed by atoms with Crippen LogP contribution in [0.3, 0.4) is 0 Å². The van der Waals surface area contributed by atoms with Crippen molar-refractivity contribution in [3.8, 4) is 0 Å². The Kier molecular flexibility index (Phi) is 4.91. The molecule has 0 aliphatic rings. The molecule has 0 saturated carbocycles. The summed E-state index contributed by atoms with van der Waals surface area (Å²) in [6.07, 6.45) is 0.490. The first-order valence-corrected chi connectivity index (χ1v) is 2.85. The van der Waals surface area contributed by atoms with Gasteiger partial charge in [-0.2, -0.15) is 0 Å². The third-order valence-corrected chi connectivity index (χ3v) is 0.835. The van der Waals surface area contributed by atoms with Crippen LogP contribution in [0.25, 0.3) is 0 Å². The number of hydrogen-bond donors (Lipinski definition) is 2. The van der Waals surface area contributed by atoms with E-state index in [1.807, 2.05) is 6.92 Å². The van der Waals surface area contributed by atoms with E-state index in [4.69, 9.17) is 15.7 Å². The molecule has 0 aromatic carbocycles. The number of amidine groups is 1. The highest BCUT2D eigenvalue weighted by molar-refractivity contribution is 5.79. The molecule has 9 heavy (non-hydrogen) atoms. The van der Waals surface area contributed by atoms with Crippen LogP contribution in [0.1, 0.15) is 13.3 Å². The van der Waals surface area contributed by atoms with Gasteiger partial charge in [0.1, 0.15) is 5.84 Å². The van der Waals surface area contributed by atoms with E-state index in [1.165, 1.54) is 0 Å². The summed E-state index contributed by atoms with van der Waals surface area (Å²) >= 11 is 0. The quantitative estimate of drug-likeness (QED) is 0.188. The lowest BCUT2D eigenvalue weighted by molar-refractivity contribution is 0.154. The van der Waals surface area contributed by atoms with Crippen LogP contribution in [-0.4, -0.2) is 24.3 Å². The molecule has 0 aliphatic heterocycles. The number of hydrogen-bond acceptors (Lipinski definition) is 3. The molecule has 0 rings (SSSR count). The molecule has 4 nitrogen and oxygen atoms in total. The zero-order valence-electron chi connectivity index (χ0n) is 5.50. The largest absolute Gasteiger partial charge is 0.409 e. The molecule has 0 amide bonds. The minimum Gasteiger partial charge on any atom is -0.409 e. The molecule has 0 fully saturated rings. The molecule has 0 atom stereocenters. The van der Waals surface area contributed by atoms with E-state index in [2.05, 4.69) is 5.16 Å². The zero-order valence-corrected chi connectivity index (χ0v) is 5.50. The molecule has 0 unspecified atom stereocenters. The molecule has 0 aromatic heterocycles. The van der Waals surface area contributed by atoms with E-state index in [1.54, 1.807) is 0 Å². The van der Waals surface area contributed by atoms with Crippen molar-refractivity contribution in [1.82, 2.24) is 0 Å². The van der Waals surface area contributed by atoms with Crippen molar-refractivity contribution >= 4 is 5.84 Å². The third kappa shape index (κ3) is 5.10. The van der Waals surface area contributed by atoms with Crippen LogP contribution in [-0.2, 0) is 4.74 Å². The van der Waals surface area contributed by atoms with Crippen LogP contribution in [0.5, 0.6) is 0 Å². The van der Waals surface area contributed by atoms with Crippen molar-refractivity contribution in [2.24, 2.45) is 10.9 Å². The first-order valence-electron chi connectivity index (χ1n) is 2.85. The van der Waals surface area contributed by atoms with Gasteiger partial charge in [0.05, 0.1) is 6.61 Å². The fourth-order valence-electron chi connectivity index (χ4n) is 0.371. The van der Waals surface area contributed by atoms with Crippen molar-refractivity contribution < 1.29 is 9.94 Å². The Morgan fingerprint density at radius 2 is 2.44 bits per heavy atom. The number of ether oxygens (including phenoxy) is 1. The van der Waals surface area contributed by atoms with Crippen molar-refractivity contribution in [3.05, 3.63) is 0 Å². The molecule has 0 aliphatic carbocycles. The number of rotatable bonds is 4. The molecular formula is C5H12N2O2. The van der Waals surface area contributed by atoms with Crippen LogP contribution >= 0.6 is 0 Å². The minimum atomic E-state index is 0.212. The molecule has 0 aromatic rings. The van der Waals surface area contributed by atoms with Gasteiger partial charge in [0, 0.05) is 13.0 Å². The lowest BCUT2D eigenvalue weighted by Crippen LogP contribution is -2.14. The molecule has 0 heterocycles. The first kappa shape index (κ1) is 8.23. The SMILES string of the molecule is CCOCCC(N)=NO. The Morgan fingerprint density at radius 3 is 2.89 bits per heavy atom. The summed E-state index contributed by atoms with van der Waals surface area (Å²) in [4.78, 5) is 0. The first-order chi connectivity index (χ1) is 4.31. The maximum atomic E-state index is 8.04. The average Bonchev–Trinajstić information content (AvgIpc) is 1.89. The van der Waals surface area contributed by atoms with Crippen LogP contribution in [0.15, 0.2) is 5.16 Å². The molecule has 3 N–H and O–H groups in total. The van der Waals surface area contributed by atoms with Crippen LogP contribution < -0.4 is 5.73 Å². The smallest absolute Gasteiger partial charge is 0.141 e. The van der Waals surface area contributed by atoms with Gasteiger partial charge in [-0.05, 0) is 6.92 Å². The van der Waals surface area contributed by atoms with Gasteiger partial charge in [-0.1, -0.05) is 5.16 Å². The summed E-state index contributed by atoms with van der Waals surface area (Å²) in [6.45, 7) is 3.08. The highest BCUT2D eigenvalue weighted by Gasteiger charge is 1.90. The topological polar surface area (TPSA) is 67.8 Å². The average molecular weight is 132 g/mol. The highest BCUT2D eigenvalue weighted by Crippen LogP contribution is 1.81. The van der Waals surface area contributed by atoms with Crippen molar-refractivity contribution in [1.29, 1.82) is 0 Å². The third-order valence-electron chi connectivity index (χ3n) is 0.835. The summed E-state index contributed by atoms with van der Waals surface area (Å²) < 4.78 is 4.93. The predicted molar refractivity (Wildman–Crippen MR) is 34.5 cm³/mol. The van der Waals surface area contributed by atoms with Crippen LogP contribution in [0.2, 0.25) is 0 Å². The second-order valence-electron chi connectivity index (χ2n) is 1.54. The molecule has 0 bridgehead atoms. The Balaban J connectivity index is 3.07. The number of nitrogens with zero attached hydrogens (tertiary/aromatic N) is 1. The maximum Gasteiger partial charge on any atom is 0.141 e. The van der Waals surface area contributed by atoms with Crippen LogP contribution in [0.4, 0.5) is 0 Å². The summed E-state index contributed by atoms with van der Waals surface area (Å²) in [5.74, 6) is 0.212. The Labute approximate surface area is 54.3 Å². The fourth-order valence-corrected chi connectivity index (χ4v) is 0.371. The van der Waals surface area contributed by atoms with E-state index < -0.39 is 0 Å². The minimum absolute atomic E-state index is 0.212. The molecule has 4 heteroatoms. The maximum absolute atomic E-state index is 8.04. The van der Waals surface area contributed by atoms with Crippen molar-refractivity contribution in [3.63, 3.8) is 0 Å². The van der Waals surface area contributed by atoms with E-state index in [0.717, 1.165) is 0 Å². The van der Waals surface area contributed by atoms with Gasteiger partial charge < -0.3 is 15.7 Å². The van der Waals surface area contributed by atoms with Gasteiger partial charge in [-0.15, -0.1) is 0 Å². The Hall–Kier alpha value is -0.770. The number of oxime groups is 1. The zero-order chi connectivity index (χ0) is 7.11. The second kappa shape index (κ2) is 5.37. The highest BCUT2D eigenvalue weighted by atomic mass is 16.5. The van der Waals surface area contributed by atoms with Gasteiger partial charge in [0.25, 0.3) is 0 Å². The number of nitrogens with two attached hydrogens (primary N) is 1. The summed E-state index contributed by atoms with van der Waals surface area (Å²) in [5, 5.41) is 10.8. The fraction of sp³-hybridized carbons (Fsp3) is 0.800. The Morgan fingerprint density at radius 1 is 1.78 bits per heavy atom. The van der Waals surface area contributed by atoms with Gasteiger partial charge >= 0.3 is 0 Å². The van der Waals surface area contributed by atoms with Gasteiger partial charge in [-0.25, -0.2) is 0 Å². The molecule has 0 saturated heterocycles. The second-order valence-corrected chi connectivity index (χ2v) is 1.54. The van der Waals surface area contributed by atoms with Gasteiger partial charge in [-0.3, -0.25) is 0 Å². The van der Waals surface area contributed by atoms with Crippen molar-refractivity contribution in [2.75, 3.05) is 13.2 Å².